The molecule has 0 bridgehead atoms. The van der Waals surface area contributed by atoms with E-state index in [9.17, 15) is 4.79 Å². The molecule has 0 saturated carbocycles. The first-order valence-electron chi connectivity index (χ1n) is 8.38. The minimum Gasteiger partial charge on any atom is -0.482 e. The zero-order valence-corrected chi connectivity index (χ0v) is 15.4. The van der Waals surface area contributed by atoms with E-state index in [1.807, 2.05) is 43.3 Å². The van der Waals surface area contributed by atoms with Gasteiger partial charge in [-0.3, -0.25) is 10.4 Å². The van der Waals surface area contributed by atoms with E-state index >= 15 is 0 Å². The number of pyridine rings is 1. The van der Waals surface area contributed by atoms with Gasteiger partial charge in [-0.1, -0.05) is 18.5 Å². The van der Waals surface area contributed by atoms with E-state index in [1.54, 1.807) is 18.3 Å². The van der Waals surface area contributed by atoms with Crippen molar-refractivity contribution in [3.05, 3.63) is 65.3 Å². The molecule has 0 amide bonds. The first-order chi connectivity index (χ1) is 13.1. The van der Waals surface area contributed by atoms with E-state index in [4.69, 9.17) is 21.4 Å². The number of nitrogens with one attached hydrogen (secondary N) is 1. The Hall–Kier alpha value is -3.12. The van der Waals surface area contributed by atoms with Crippen LogP contribution in [0, 0.1) is 0 Å². The number of rotatable bonds is 7. The van der Waals surface area contributed by atoms with Crippen LogP contribution in [0.5, 0.6) is 5.75 Å². The number of hydrazone groups is 1. The molecule has 0 atom stereocenters. The topological polar surface area (TPSA) is 83.8 Å². The van der Waals surface area contributed by atoms with Gasteiger partial charge < -0.3 is 9.84 Å². The number of aliphatic carboxylic acids is 1. The highest BCUT2D eigenvalue weighted by molar-refractivity contribution is 6.31. The number of anilines is 1. The van der Waals surface area contributed by atoms with E-state index in [0.29, 0.717) is 10.8 Å². The third-order valence-corrected chi connectivity index (χ3v) is 4.14. The quantitative estimate of drug-likeness (QED) is 0.461. The van der Waals surface area contributed by atoms with Crippen molar-refractivity contribution in [1.82, 2.24) is 4.98 Å². The Morgan fingerprint density at radius 2 is 2.00 bits per heavy atom. The Morgan fingerprint density at radius 1 is 1.22 bits per heavy atom. The highest BCUT2D eigenvalue weighted by Crippen LogP contribution is 2.24. The Balaban J connectivity index is 1.80. The molecule has 1 aromatic heterocycles. The van der Waals surface area contributed by atoms with Crippen LogP contribution < -0.4 is 10.2 Å². The minimum absolute atomic E-state index is 0.366. The van der Waals surface area contributed by atoms with E-state index in [2.05, 4.69) is 15.5 Å². The van der Waals surface area contributed by atoms with Crippen LogP contribution in [0.25, 0.3) is 10.9 Å². The van der Waals surface area contributed by atoms with Crippen molar-refractivity contribution in [2.45, 2.75) is 13.3 Å². The number of ether oxygens (including phenoxy) is 1. The summed E-state index contributed by atoms with van der Waals surface area (Å²) in [5, 5.41) is 14.8. The molecule has 3 aromatic rings. The number of fused-ring (bicyclic) bond motifs is 1. The fraction of sp³-hybridized carbons (Fsp3) is 0.150. The highest BCUT2D eigenvalue weighted by Gasteiger charge is 2.06. The molecule has 0 spiro atoms. The molecule has 0 aliphatic rings. The van der Waals surface area contributed by atoms with Crippen molar-refractivity contribution in [3.63, 3.8) is 0 Å². The SMILES string of the molecule is CC/C(=N/Nc1ccnc2cc(Cl)ccc12)c1ccc(OCC(=O)O)cc1. The Labute approximate surface area is 161 Å². The van der Waals surface area contributed by atoms with Gasteiger partial charge in [-0.15, -0.1) is 0 Å². The van der Waals surface area contributed by atoms with Gasteiger partial charge in [0.15, 0.2) is 6.61 Å². The average molecular weight is 384 g/mol. The molecule has 2 aromatic carbocycles. The molecule has 2 N–H and O–H groups in total. The number of nitrogens with zero attached hydrogens (tertiary/aromatic N) is 2. The summed E-state index contributed by atoms with van der Waals surface area (Å²) in [4.78, 5) is 14.9. The van der Waals surface area contributed by atoms with Crippen molar-refractivity contribution < 1.29 is 14.6 Å². The van der Waals surface area contributed by atoms with Gasteiger partial charge >= 0.3 is 5.97 Å². The number of hydrogen-bond donors (Lipinski definition) is 2. The summed E-state index contributed by atoms with van der Waals surface area (Å²) in [6, 6.07) is 14.6. The molecule has 0 aliphatic carbocycles. The van der Waals surface area contributed by atoms with Crippen LogP contribution in [0.2, 0.25) is 5.02 Å². The molecule has 0 saturated heterocycles. The van der Waals surface area contributed by atoms with Crippen molar-refractivity contribution in [3.8, 4) is 5.75 Å². The lowest BCUT2D eigenvalue weighted by molar-refractivity contribution is -0.139. The Bertz CT molecular complexity index is 987. The molecule has 1 heterocycles. The molecule has 6 nitrogen and oxygen atoms in total. The number of carboxylic acids is 1. The minimum atomic E-state index is -1.01. The molecule has 7 heteroatoms. The number of hydrogen-bond acceptors (Lipinski definition) is 5. The van der Waals surface area contributed by atoms with Crippen LogP contribution in [0.15, 0.2) is 59.8 Å². The molecular formula is C20H18ClN3O3. The molecule has 0 unspecified atom stereocenters. The second kappa shape index (κ2) is 8.51. The van der Waals surface area contributed by atoms with Crippen molar-refractivity contribution in [2.24, 2.45) is 5.10 Å². The lowest BCUT2D eigenvalue weighted by atomic mass is 10.1. The lowest BCUT2D eigenvalue weighted by Crippen LogP contribution is -2.09. The lowest BCUT2D eigenvalue weighted by Gasteiger charge is -2.09. The van der Waals surface area contributed by atoms with Crippen molar-refractivity contribution >= 4 is 39.9 Å². The third kappa shape index (κ3) is 4.74. The van der Waals surface area contributed by atoms with Crippen LogP contribution in [0.1, 0.15) is 18.9 Å². The van der Waals surface area contributed by atoms with Gasteiger partial charge in [-0.2, -0.15) is 5.10 Å². The summed E-state index contributed by atoms with van der Waals surface area (Å²) in [6.07, 6.45) is 2.42. The maximum absolute atomic E-state index is 10.6. The van der Waals surface area contributed by atoms with E-state index in [-0.39, 0.29) is 6.61 Å². The zero-order chi connectivity index (χ0) is 19.2. The van der Waals surface area contributed by atoms with Gasteiger partial charge in [-0.05, 0) is 60.5 Å². The van der Waals surface area contributed by atoms with Crippen LogP contribution in [-0.2, 0) is 4.79 Å². The van der Waals surface area contributed by atoms with Crippen molar-refractivity contribution in [2.75, 3.05) is 12.0 Å². The first kappa shape index (κ1) is 18.7. The number of benzene rings is 2. The van der Waals surface area contributed by atoms with Gasteiger partial charge in [-0.25, -0.2) is 4.79 Å². The Morgan fingerprint density at radius 3 is 2.70 bits per heavy atom. The van der Waals surface area contributed by atoms with Gasteiger partial charge in [0.2, 0.25) is 0 Å². The van der Waals surface area contributed by atoms with E-state index in [1.165, 1.54) is 0 Å². The normalized spacial score (nSPS) is 11.4. The van der Waals surface area contributed by atoms with Crippen LogP contribution in [0.4, 0.5) is 5.69 Å². The molecule has 138 valence electrons. The van der Waals surface area contributed by atoms with Crippen LogP contribution in [-0.4, -0.2) is 28.4 Å². The van der Waals surface area contributed by atoms with Crippen LogP contribution in [0.3, 0.4) is 0 Å². The largest absolute Gasteiger partial charge is 0.482 e. The van der Waals surface area contributed by atoms with E-state index in [0.717, 1.165) is 34.3 Å². The second-order valence-electron chi connectivity index (χ2n) is 5.75. The predicted octanol–water partition coefficient (Wildman–Crippen LogP) is 4.58. The van der Waals surface area contributed by atoms with E-state index < -0.39 is 5.97 Å². The van der Waals surface area contributed by atoms with Gasteiger partial charge in [0.05, 0.1) is 16.9 Å². The van der Waals surface area contributed by atoms with Crippen LogP contribution >= 0.6 is 11.6 Å². The predicted molar refractivity (Wildman–Crippen MR) is 107 cm³/mol. The first-order valence-corrected chi connectivity index (χ1v) is 8.76. The molecule has 3 rings (SSSR count). The smallest absolute Gasteiger partial charge is 0.341 e. The fourth-order valence-corrected chi connectivity index (χ4v) is 2.75. The summed E-state index contributed by atoms with van der Waals surface area (Å²) in [5.41, 5.74) is 6.52. The second-order valence-corrected chi connectivity index (χ2v) is 6.19. The molecule has 27 heavy (non-hydrogen) atoms. The maximum atomic E-state index is 10.6. The maximum Gasteiger partial charge on any atom is 0.341 e. The van der Waals surface area contributed by atoms with Crippen molar-refractivity contribution in [1.29, 1.82) is 0 Å². The third-order valence-electron chi connectivity index (χ3n) is 3.90. The zero-order valence-electron chi connectivity index (χ0n) is 14.6. The summed E-state index contributed by atoms with van der Waals surface area (Å²) in [5.74, 6) is -0.508. The molecular weight excluding hydrogens is 366 g/mol. The van der Waals surface area contributed by atoms with Gasteiger partial charge in [0, 0.05) is 16.6 Å². The average Bonchev–Trinajstić information content (AvgIpc) is 2.67. The molecule has 0 fully saturated rings. The summed E-state index contributed by atoms with van der Waals surface area (Å²) >= 11 is 6.02. The number of halogens is 1. The monoisotopic (exact) mass is 383 g/mol. The summed E-state index contributed by atoms with van der Waals surface area (Å²) in [7, 11) is 0. The number of carbonyl (C=O) groups is 1. The van der Waals surface area contributed by atoms with Gasteiger partial charge in [0.25, 0.3) is 0 Å². The number of carboxylic acid groups (broad SMARTS) is 1. The fourth-order valence-electron chi connectivity index (χ4n) is 2.58. The molecule has 0 radical (unpaired) electrons. The number of aromatic nitrogens is 1. The standard InChI is InChI=1S/C20H18ClN3O3/c1-2-17(13-3-6-15(7-4-13)27-12-20(25)26)23-24-18-9-10-22-19-11-14(21)5-8-16(18)19/h3-11H,2,12H2,1H3,(H,22,24)(H,25,26)/b23-17-. The summed E-state index contributed by atoms with van der Waals surface area (Å²) in [6.45, 7) is 1.65. The Kier molecular flexibility index (Phi) is 5.88. The summed E-state index contributed by atoms with van der Waals surface area (Å²) < 4.78 is 5.15. The highest BCUT2D eigenvalue weighted by atomic mass is 35.5. The molecule has 0 aliphatic heterocycles. The van der Waals surface area contributed by atoms with Gasteiger partial charge in [0.1, 0.15) is 5.75 Å².